The van der Waals surface area contributed by atoms with Crippen LogP contribution in [0.4, 0.5) is 4.39 Å². The van der Waals surface area contributed by atoms with E-state index >= 15 is 0 Å². The molecule has 2 aromatic carbocycles. The first kappa shape index (κ1) is 21.6. The number of nitrogens with two attached hydrogens (primary N) is 1. The maximum Gasteiger partial charge on any atom is 0.145 e. The molecule has 176 valence electrons. The van der Waals surface area contributed by atoms with Crippen LogP contribution < -0.4 is 11.1 Å². The van der Waals surface area contributed by atoms with Crippen LogP contribution in [-0.4, -0.2) is 42.5 Å². The quantitative estimate of drug-likeness (QED) is 0.220. The molecule has 1 unspecified atom stereocenters. The fraction of sp³-hybridized carbons (Fsp3) is 0.185. The SMILES string of the molecule is CCN=C(N)c1ccc2cc(-c3ccc(-c4cc5ccc(C6=NCC(F)CN6)cc5[nH]4)s3)oc2c1. The van der Waals surface area contributed by atoms with Crippen LogP contribution in [-0.2, 0) is 0 Å². The van der Waals surface area contributed by atoms with Crippen molar-refractivity contribution in [2.75, 3.05) is 19.6 Å². The van der Waals surface area contributed by atoms with Gasteiger partial charge in [0.05, 0.1) is 22.0 Å². The van der Waals surface area contributed by atoms with Crippen molar-refractivity contribution in [1.29, 1.82) is 0 Å². The first-order chi connectivity index (χ1) is 17.1. The highest BCUT2D eigenvalue weighted by atomic mass is 32.1. The van der Waals surface area contributed by atoms with E-state index in [0.29, 0.717) is 18.9 Å². The van der Waals surface area contributed by atoms with Gasteiger partial charge in [0.1, 0.15) is 29.2 Å². The summed E-state index contributed by atoms with van der Waals surface area (Å²) in [7, 11) is 0. The van der Waals surface area contributed by atoms with Gasteiger partial charge in [0.15, 0.2) is 0 Å². The standard InChI is InChI=1S/C27H24FN5OS/c1-2-30-26(29)17-5-4-16-11-23(34-22(16)12-17)25-8-7-24(35-25)21-9-15-3-6-18(10-20(15)33-21)27-31-13-19(28)14-32-27/h3-12,19,33H,2,13-14H2,1H3,(H2,29,30)(H,31,32). The number of benzene rings is 2. The summed E-state index contributed by atoms with van der Waals surface area (Å²) in [4.78, 5) is 14.3. The second-order valence-corrected chi connectivity index (χ2v) is 9.62. The minimum Gasteiger partial charge on any atom is -0.455 e. The first-order valence-electron chi connectivity index (χ1n) is 11.6. The van der Waals surface area contributed by atoms with Gasteiger partial charge < -0.3 is 20.5 Å². The van der Waals surface area contributed by atoms with E-state index in [1.807, 2.05) is 31.2 Å². The Bertz CT molecular complexity index is 1610. The summed E-state index contributed by atoms with van der Waals surface area (Å²) >= 11 is 1.67. The number of amidine groups is 2. The number of thiophene rings is 1. The number of nitrogens with zero attached hydrogens (tertiary/aromatic N) is 2. The Labute approximate surface area is 205 Å². The molecular weight excluding hydrogens is 461 g/mol. The average molecular weight is 486 g/mol. The van der Waals surface area contributed by atoms with Crippen molar-refractivity contribution >= 4 is 44.9 Å². The average Bonchev–Trinajstić information content (AvgIpc) is 3.61. The summed E-state index contributed by atoms with van der Waals surface area (Å²) in [5.74, 6) is 2.09. The van der Waals surface area contributed by atoms with Crippen LogP contribution in [0, 0.1) is 0 Å². The van der Waals surface area contributed by atoms with Crippen LogP contribution in [0.5, 0.6) is 0 Å². The van der Waals surface area contributed by atoms with Gasteiger partial charge in [0.25, 0.3) is 0 Å². The van der Waals surface area contributed by atoms with Crippen LogP contribution in [0.1, 0.15) is 18.1 Å². The molecule has 35 heavy (non-hydrogen) atoms. The van der Waals surface area contributed by atoms with Gasteiger partial charge in [-0.05, 0) is 43.3 Å². The number of rotatable bonds is 5. The van der Waals surface area contributed by atoms with E-state index in [0.717, 1.165) is 60.0 Å². The number of furan rings is 1. The van der Waals surface area contributed by atoms with E-state index in [2.05, 4.69) is 56.7 Å². The first-order valence-corrected chi connectivity index (χ1v) is 12.4. The fourth-order valence-electron chi connectivity index (χ4n) is 4.31. The van der Waals surface area contributed by atoms with E-state index in [1.54, 1.807) is 11.3 Å². The van der Waals surface area contributed by atoms with Crippen LogP contribution in [0.25, 0.3) is 43.1 Å². The highest BCUT2D eigenvalue weighted by molar-refractivity contribution is 7.18. The van der Waals surface area contributed by atoms with Gasteiger partial charge in [-0.1, -0.05) is 24.3 Å². The molecule has 5 aromatic rings. The van der Waals surface area contributed by atoms with E-state index < -0.39 is 6.17 Å². The van der Waals surface area contributed by atoms with Crippen LogP contribution in [0.3, 0.4) is 0 Å². The van der Waals surface area contributed by atoms with E-state index in [9.17, 15) is 4.39 Å². The van der Waals surface area contributed by atoms with Crippen molar-refractivity contribution in [2.45, 2.75) is 13.1 Å². The molecule has 6 rings (SSSR count). The molecule has 3 aromatic heterocycles. The summed E-state index contributed by atoms with van der Waals surface area (Å²) in [5.41, 5.74) is 10.7. The van der Waals surface area contributed by atoms with Gasteiger partial charge in [-0.15, -0.1) is 11.3 Å². The second kappa shape index (κ2) is 8.70. The van der Waals surface area contributed by atoms with Crippen molar-refractivity contribution in [3.63, 3.8) is 0 Å². The minimum absolute atomic E-state index is 0.205. The van der Waals surface area contributed by atoms with Gasteiger partial charge >= 0.3 is 0 Å². The number of aromatic amines is 1. The molecule has 0 spiro atoms. The molecule has 4 N–H and O–H groups in total. The van der Waals surface area contributed by atoms with Crippen molar-refractivity contribution in [3.05, 3.63) is 71.8 Å². The highest BCUT2D eigenvalue weighted by Gasteiger charge is 2.16. The van der Waals surface area contributed by atoms with Crippen LogP contribution >= 0.6 is 11.3 Å². The normalized spacial score (nSPS) is 16.6. The van der Waals surface area contributed by atoms with Crippen LogP contribution in [0.2, 0.25) is 0 Å². The lowest BCUT2D eigenvalue weighted by atomic mass is 10.1. The Kier molecular flexibility index (Phi) is 5.37. The number of halogens is 1. The number of aromatic nitrogens is 1. The molecule has 6 nitrogen and oxygen atoms in total. The third-order valence-electron chi connectivity index (χ3n) is 6.09. The minimum atomic E-state index is -0.922. The second-order valence-electron chi connectivity index (χ2n) is 8.54. The predicted octanol–water partition coefficient (Wildman–Crippen LogP) is 5.72. The Morgan fingerprint density at radius 1 is 1.11 bits per heavy atom. The smallest absolute Gasteiger partial charge is 0.145 e. The monoisotopic (exact) mass is 485 g/mol. The van der Waals surface area contributed by atoms with Crippen LogP contribution in [0.15, 0.2) is 75.1 Å². The molecule has 8 heteroatoms. The number of alkyl halides is 1. The Hall–Kier alpha value is -3.91. The molecule has 0 fully saturated rings. The lowest BCUT2D eigenvalue weighted by molar-refractivity contribution is 0.332. The van der Waals surface area contributed by atoms with Gasteiger partial charge in [0.2, 0.25) is 0 Å². The molecule has 1 aliphatic rings. The molecule has 4 heterocycles. The van der Waals surface area contributed by atoms with E-state index in [1.165, 1.54) is 0 Å². The third-order valence-corrected chi connectivity index (χ3v) is 7.23. The molecule has 0 saturated heterocycles. The zero-order chi connectivity index (χ0) is 23.9. The van der Waals surface area contributed by atoms with Gasteiger partial charge in [-0.2, -0.15) is 0 Å². The summed E-state index contributed by atoms with van der Waals surface area (Å²) in [6.45, 7) is 3.11. The van der Waals surface area contributed by atoms with Crippen molar-refractivity contribution in [1.82, 2.24) is 10.3 Å². The molecule has 0 saturated carbocycles. The van der Waals surface area contributed by atoms with Gasteiger partial charge in [0, 0.05) is 40.5 Å². The maximum atomic E-state index is 13.4. The maximum absolute atomic E-state index is 13.4. The van der Waals surface area contributed by atoms with E-state index in [4.69, 9.17) is 10.2 Å². The fourth-order valence-corrected chi connectivity index (χ4v) is 5.24. The number of hydrogen-bond donors (Lipinski definition) is 3. The van der Waals surface area contributed by atoms with Gasteiger partial charge in [-0.3, -0.25) is 9.98 Å². The van der Waals surface area contributed by atoms with Crippen molar-refractivity contribution in [3.8, 4) is 21.2 Å². The largest absolute Gasteiger partial charge is 0.455 e. The van der Waals surface area contributed by atoms with Gasteiger partial charge in [-0.25, -0.2) is 4.39 Å². The summed E-state index contributed by atoms with van der Waals surface area (Å²) in [5, 5.41) is 5.22. The predicted molar refractivity (Wildman–Crippen MR) is 142 cm³/mol. The molecule has 1 aliphatic heterocycles. The lowest BCUT2D eigenvalue weighted by Gasteiger charge is -2.17. The molecule has 0 aliphatic carbocycles. The molecular formula is C27H24FN5OS. The highest BCUT2D eigenvalue weighted by Crippen LogP contribution is 2.38. The van der Waals surface area contributed by atoms with Crippen molar-refractivity contribution < 1.29 is 8.81 Å². The summed E-state index contributed by atoms with van der Waals surface area (Å²) in [6, 6.07) is 20.4. The Balaban J connectivity index is 1.29. The lowest BCUT2D eigenvalue weighted by Crippen LogP contribution is -2.37. The Morgan fingerprint density at radius 2 is 1.97 bits per heavy atom. The number of hydrogen-bond acceptors (Lipinski definition) is 5. The number of aliphatic imine (C=N–C) groups is 2. The summed E-state index contributed by atoms with van der Waals surface area (Å²) < 4.78 is 19.6. The Morgan fingerprint density at radius 3 is 2.80 bits per heavy atom. The molecule has 0 bridgehead atoms. The number of nitrogens with one attached hydrogen (secondary N) is 2. The zero-order valence-electron chi connectivity index (χ0n) is 19.1. The molecule has 0 amide bonds. The topological polar surface area (TPSA) is 91.7 Å². The van der Waals surface area contributed by atoms with E-state index in [-0.39, 0.29) is 6.54 Å². The zero-order valence-corrected chi connectivity index (χ0v) is 20.0. The molecule has 0 radical (unpaired) electrons. The molecule has 1 atom stereocenters. The summed E-state index contributed by atoms with van der Waals surface area (Å²) in [6.07, 6.45) is -0.922. The number of fused-ring (bicyclic) bond motifs is 2. The van der Waals surface area contributed by atoms with Crippen molar-refractivity contribution in [2.24, 2.45) is 15.7 Å². The third kappa shape index (κ3) is 4.10. The number of H-pyrrole nitrogens is 1.